The van der Waals surface area contributed by atoms with Gasteiger partial charge in [0.1, 0.15) is 0 Å². The number of unbranched alkanes of at least 4 members (excludes halogenated alkanes) is 11. The van der Waals surface area contributed by atoms with E-state index in [4.69, 9.17) is 14.5 Å². The van der Waals surface area contributed by atoms with Gasteiger partial charge >= 0.3 is 18.1 Å². The summed E-state index contributed by atoms with van der Waals surface area (Å²) in [5.41, 5.74) is 3.39. The highest BCUT2D eigenvalue weighted by atomic mass is 19.4. The van der Waals surface area contributed by atoms with Crippen molar-refractivity contribution in [3.8, 4) is 22.3 Å². The number of alkyl halides is 3. The van der Waals surface area contributed by atoms with Crippen LogP contribution in [-0.4, -0.2) is 30.8 Å². The van der Waals surface area contributed by atoms with E-state index in [1.165, 1.54) is 50.7 Å². The van der Waals surface area contributed by atoms with Crippen LogP contribution in [0.3, 0.4) is 0 Å². The molecule has 0 radical (unpaired) electrons. The van der Waals surface area contributed by atoms with Crippen LogP contribution in [0.1, 0.15) is 124 Å². The van der Waals surface area contributed by atoms with Gasteiger partial charge < -0.3 is 4.74 Å². The molecule has 0 amide bonds. The number of carbonyl (C=O) groups excluding carboxylic acids is 2. The number of esters is 1. The maximum Gasteiger partial charge on any atom is 0.425 e. The average molecular weight is 655 g/mol. The van der Waals surface area contributed by atoms with E-state index in [2.05, 4.69) is 6.92 Å². The number of benzene rings is 3. The summed E-state index contributed by atoms with van der Waals surface area (Å²) in [6.45, 7) is 4.51. The van der Waals surface area contributed by atoms with Crippen molar-refractivity contribution in [2.75, 3.05) is 6.61 Å². The molecule has 0 aliphatic carbocycles. The van der Waals surface area contributed by atoms with Gasteiger partial charge in [0.2, 0.25) is 0 Å². The molecule has 5 nitrogen and oxygen atoms in total. The highest BCUT2D eigenvalue weighted by Gasteiger charge is 2.42. The first-order chi connectivity index (χ1) is 22.7. The van der Waals surface area contributed by atoms with Crippen molar-refractivity contribution >= 4 is 11.9 Å². The Kier molecular flexibility index (Phi) is 16.5. The van der Waals surface area contributed by atoms with E-state index in [1.54, 1.807) is 24.3 Å². The normalized spacial score (nSPS) is 12.1. The van der Waals surface area contributed by atoms with Crippen LogP contribution in [0.25, 0.3) is 22.3 Å². The second-order valence-electron chi connectivity index (χ2n) is 12.0. The van der Waals surface area contributed by atoms with Crippen molar-refractivity contribution < 1.29 is 37.3 Å². The van der Waals surface area contributed by atoms with Crippen molar-refractivity contribution in [2.24, 2.45) is 0 Å². The van der Waals surface area contributed by atoms with Gasteiger partial charge in [0.05, 0.1) is 17.7 Å². The van der Waals surface area contributed by atoms with Crippen LogP contribution in [0.15, 0.2) is 72.8 Å². The van der Waals surface area contributed by atoms with Crippen LogP contribution in [-0.2, 0) is 14.5 Å². The summed E-state index contributed by atoms with van der Waals surface area (Å²) in [5.74, 6) is -1.65. The van der Waals surface area contributed by atoms with E-state index >= 15 is 0 Å². The van der Waals surface area contributed by atoms with Gasteiger partial charge in [0, 0.05) is 0 Å². The number of rotatable bonds is 21. The van der Waals surface area contributed by atoms with Gasteiger partial charge in [0.15, 0.2) is 6.10 Å². The molecule has 0 aliphatic heterocycles. The first-order valence-corrected chi connectivity index (χ1v) is 17.2. The van der Waals surface area contributed by atoms with E-state index < -0.39 is 24.2 Å². The number of halogens is 3. The van der Waals surface area contributed by atoms with Gasteiger partial charge in [-0.1, -0.05) is 133 Å². The molecule has 0 aromatic heterocycles. The summed E-state index contributed by atoms with van der Waals surface area (Å²) >= 11 is 0. The standard InChI is InChI=1S/C39H49F3O5/c1-3-5-7-9-10-11-12-13-18-28-45-47-38(44)33-26-27-34(30-19-15-14-16-20-30)35(29-33)31-22-24-32(25-23-31)37(43)46-36(39(40,41)42)21-17-8-6-4-2/h14-16,19-20,22-27,29,36H,3-13,17-18,21,28H2,1-2H3. The van der Waals surface area contributed by atoms with E-state index in [0.717, 1.165) is 43.2 Å². The summed E-state index contributed by atoms with van der Waals surface area (Å²) in [6, 6.07) is 20.9. The number of carbonyl (C=O) groups is 2. The molecule has 0 heterocycles. The van der Waals surface area contributed by atoms with E-state index in [0.29, 0.717) is 30.6 Å². The lowest BCUT2D eigenvalue weighted by molar-refractivity contribution is -0.241. The Labute approximate surface area is 277 Å². The Morgan fingerprint density at radius 3 is 1.79 bits per heavy atom. The number of ether oxygens (including phenoxy) is 1. The third-order valence-corrected chi connectivity index (χ3v) is 8.17. The second kappa shape index (κ2) is 20.6. The molecule has 1 atom stereocenters. The molecule has 0 bridgehead atoms. The molecular weight excluding hydrogens is 605 g/mol. The van der Waals surface area contributed by atoms with Crippen LogP contribution < -0.4 is 0 Å². The molecule has 3 rings (SSSR count). The molecule has 3 aromatic carbocycles. The predicted molar refractivity (Wildman–Crippen MR) is 180 cm³/mol. The van der Waals surface area contributed by atoms with Gasteiger partial charge in [-0.3, -0.25) is 4.89 Å². The minimum absolute atomic E-state index is 0.0123. The SMILES string of the molecule is CCCCCCCCCCCOOC(=O)c1ccc(-c2ccccc2)c(-c2ccc(C(=O)OC(CCCCCC)C(F)(F)F)cc2)c1. The minimum atomic E-state index is -4.64. The lowest BCUT2D eigenvalue weighted by Gasteiger charge is -2.21. The molecule has 256 valence electrons. The third-order valence-electron chi connectivity index (χ3n) is 8.17. The molecule has 8 heteroatoms. The van der Waals surface area contributed by atoms with Crippen molar-refractivity contribution in [3.63, 3.8) is 0 Å². The molecule has 0 spiro atoms. The lowest BCUT2D eigenvalue weighted by Crippen LogP contribution is -2.33. The summed E-state index contributed by atoms with van der Waals surface area (Å²) in [6.07, 6.45) is 6.18. The zero-order chi connectivity index (χ0) is 33.9. The topological polar surface area (TPSA) is 61.8 Å². The summed E-state index contributed by atoms with van der Waals surface area (Å²) < 4.78 is 45.7. The summed E-state index contributed by atoms with van der Waals surface area (Å²) in [4.78, 5) is 35.9. The molecule has 0 N–H and O–H groups in total. The van der Waals surface area contributed by atoms with E-state index in [1.807, 2.05) is 43.3 Å². The van der Waals surface area contributed by atoms with E-state index in [9.17, 15) is 22.8 Å². The Hall–Kier alpha value is -3.65. The summed E-state index contributed by atoms with van der Waals surface area (Å²) in [7, 11) is 0. The predicted octanol–water partition coefficient (Wildman–Crippen LogP) is 11.7. The van der Waals surface area contributed by atoms with Gasteiger partial charge in [0.25, 0.3) is 0 Å². The van der Waals surface area contributed by atoms with Crippen molar-refractivity contribution in [2.45, 2.75) is 116 Å². The zero-order valence-electron chi connectivity index (χ0n) is 27.8. The van der Waals surface area contributed by atoms with Crippen molar-refractivity contribution in [1.29, 1.82) is 0 Å². The third kappa shape index (κ3) is 13.2. The first-order valence-electron chi connectivity index (χ1n) is 17.2. The molecular formula is C39H49F3O5. The van der Waals surface area contributed by atoms with Gasteiger partial charge in [-0.05, 0) is 65.8 Å². The highest BCUT2D eigenvalue weighted by molar-refractivity contribution is 5.95. The molecule has 0 saturated carbocycles. The average Bonchev–Trinajstić information content (AvgIpc) is 3.08. The maximum atomic E-state index is 13.6. The number of hydrogen-bond donors (Lipinski definition) is 0. The largest absolute Gasteiger partial charge is 0.449 e. The fourth-order valence-electron chi connectivity index (χ4n) is 5.42. The maximum absolute atomic E-state index is 13.6. The molecule has 0 aliphatic rings. The number of hydrogen-bond acceptors (Lipinski definition) is 5. The molecule has 1 unspecified atom stereocenters. The fraction of sp³-hybridized carbons (Fsp3) is 0.487. The molecule has 47 heavy (non-hydrogen) atoms. The Bertz CT molecular complexity index is 1340. The molecule has 0 saturated heterocycles. The van der Waals surface area contributed by atoms with Gasteiger partial charge in [-0.25, -0.2) is 9.59 Å². The van der Waals surface area contributed by atoms with Crippen LogP contribution in [0.4, 0.5) is 13.2 Å². The smallest absolute Gasteiger partial charge is 0.425 e. The molecule has 3 aromatic rings. The second-order valence-corrected chi connectivity index (χ2v) is 12.0. The van der Waals surface area contributed by atoms with Crippen LogP contribution in [0.2, 0.25) is 0 Å². The Morgan fingerprint density at radius 2 is 1.17 bits per heavy atom. The quantitative estimate of drug-likeness (QED) is 0.0495. The van der Waals surface area contributed by atoms with Gasteiger partial charge in [-0.15, -0.1) is 0 Å². The van der Waals surface area contributed by atoms with Crippen molar-refractivity contribution in [3.05, 3.63) is 83.9 Å². The van der Waals surface area contributed by atoms with Crippen molar-refractivity contribution in [1.82, 2.24) is 0 Å². The zero-order valence-corrected chi connectivity index (χ0v) is 27.8. The van der Waals surface area contributed by atoms with Crippen LogP contribution in [0.5, 0.6) is 0 Å². The fourth-order valence-corrected chi connectivity index (χ4v) is 5.42. The lowest BCUT2D eigenvalue weighted by atomic mass is 9.92. The summed E-state index contributed by atoms with van der Waals surface area (Å²) in [5, 5.41) is 0. The Balaban J connectivity index is 1.65. The Morgan fingerprint density at radius 1 is 0.617 bits per heavy atom. The molecule has 0 fully saturated rings. The van der Waals surface area contributed by atoms with E-state index in [-0.39, 0.29) is 17.5 Å². The van der Waals surface area contributed by atoms with Gasteiger partial charge in [-0.2, -0.15) is 18.1 Å². The monoisotopic (exact) mass is 654 g/mol. The van der Waals surface area contributed by atoms with Crippen LogP contribution >= 0.6 is 0 Å². The first kappa shape index (κ1) is 37.8. The van der Waals surface area contributed by atoms with Crippen LogP contribution in [0, 0.1) is 0 Å². The minimum Gasteiger partial charge on any atom is -0.449 e. The highest BCUT2D eigenvalue weighted by Crippen LogP contribution is 2.34.